The van der Waals surface area contributed by atoms with Crippen molar-refractivity contribution in [3.8, 4) is 0 Å². The standard InChI is InChI=1S/C16H15F3IN/c1-3-21-16(11-7-5-10(17)8-13(11)20)12-6-4-9(2)14(18)15(12)19/h4-8,16,21H,3H2,1-2H3. The molecule has 0 amide bonds. The van der Waals surface area contributed by atoms with Gasteiger partial charge in [0.1, 0.15) is 5.82 Å². The van der Waals surface area contributed by atoms with Crippen molar-refractivity contribution in [2.45, 2.75) is 19.9 Å². The number of nitrogens with one attached hydrogen (secondary N) is 1. The predicted octanol–water partition coefficient (Wildman–Crippen LogP) is 4.72. The van der Waals surface area contributed by atoms with E-state index in [2.05, 4.69) is 5.32 Å². The molecule has 0 aliphatic heterocycles. The minimum absolute atomic E-state index is 0.226. The van der Waals surface area contributed by atoms with E-state index in [9.17, 15) is 13.2 Å². The van der Waals surface area contributed by atoms with Crippen LogP contribution in [0.15, 0.2) is 30.3 Å². The number of benzene rings is 2. The summed E-state index contributed by atoms with van der Waals surface area (Å²) in [5, 5.41) is 3.13. The molecule has 1 unspecified atom stereocenters. The Hall–Kier alpha value is -1.08. The van der Waals surface area contributed by atoms with Crippen LogP contribution in [0.5, 0.6) is 0 Å². The molecule has 0 aliphatic rings. The summed E-state index contributed by atoms with van der Waals surface area (Å²) in [6, 6.07) is 6.90. The minimum atomic E-state index is -0.860. The highest BCUT2D eigenvalue weighted by Crippen LogP contribution is 2.30. The highest BCUT2D eigenvalue weighted by atomic mass is 127. The van der Waals surface area contributed by atoms with Crippen LogP contribution in [0.2, 0.25) is 0 Å². The van der Waals surface area contributed by atoms with Crippen molar-refractivity contribution < 1.29 is 13.2 Å². The third-order valence-corrected chi connectivity index (χ3v) is 4.23. The molecular formula is C16H15F3IN. The summed E-state index contributed by atoms with van der Waals surface area (Å²) in [5.74, 6) is -2.05. The van der Waals surface area contributed by atoms with E-state index in [4.69, 9.17) is 0 Å². The zero-order valence-corrected chi connectivity index (χ0v) is 13.8. The monoisotopic (exact) mass is 405 g/mol. The van der Waals surface area contributed by atoms with Gasteiger partial charge >= 0.3 is 0 Å². The van der Waals surface area contributed by atoms with Crippen LogP contribution < -0.4 is 5.32 Å². The lowest BCUT2D eigenvalue weighted by atomic mass is 9.96. The van der Waals surface area contributed by atoms with Crippen LogP contribution in [0, 0.1) is 27.9 Å². The molecule has 0 saturated carbocycles. The number of halogens is 4. The molecule has 0 heterocycles. The molecule has 5 heteroatoms. The lowest BCUT2D eigenvalue weighted by molar-refractivity contribution is 0.478. The summed E-state index contributed by atoms with van der Waals surface area (Å²) in [6.45, 7) is 3.98. The Bertz CT molecular complexity index is 658. The summed E-state index contributed by atoms with van der Waals surface area (Å²) in [6.07, 6.45) is 0. The fourth-order valence-corrected chi connectivity index (χ4v) is 3.00. The van der Waals surface area contributed by atoms with E-state index in [1.807, 2.05) is 29.5 Å². The van der Waals surface area contributed by atoms with Crippen molar-refractivity contribution >= 4 is 22.6 Å². The average molecular weight is 405 g/mol. The van der Waals surface area contributed by atoms with Gasteiger partial charge in [-0.25, -0.2) is 13.2 Å². The summed E-state index contributed by atoms with van der Waals surface area (Å²) in [4.78, 5) is 0. The smallest absolute Gasteiger partial charge is 0.164 e. The van der Waals surface area contributed by atoms with Crippen LogP contribution in [-0.4, -0.2) is 6.54 Å². The first-order valence-corrected chi connectivity index (χ1v) is 7.66. The van der Waals surface area contributed by atoms with Crippen molar-refractivity contribution in [2.24, 2.45) is 0 Å². The van der Waals surface area contributed by atoms with Crippen molar-refractivity contribution in [3.63, 3.8) is 0 Å². The quantitative estimate of drug-likeness (QED) is 0.727. The van der Waals surface area contributed by atoms with Crippen molar-refractivity contribution in [1.82, 2.24) is 5.32 Å². The van der Waals surface area contributed by atoms with Gasteiger partial charge in [-0.15, -0.1) is 0 Å². The Labute approximate surface area is 135 Å². The molecule has 0 bridgehead atoms. The average Bonchev–Trinajstić information content (AvgIpc) is 2.44. The Balaban J connectivity index is 2.56. The fraction of sp³-hybridized carbons (Fsp3) is 0.250. The molecular weight excluding hydrogens is 390 g/mol. The topological polar surface area (TPSA) is 12.0 Å². The van der Waals surface area contributed by atoms with Crippen molar-refractivity contribution in [2.75, 3.05) is 6.54 Å². The lowest BCUT2D eigenvalue weighted by Crippen LogP contribution is -2.24. The zero-order chi connectivity index (χ0) is 15.6. The fourth-order valence-electron chi connectivity index (χ4n) is 2.21. The third-order valence-electron chi connectivity index (χ3n) is 3.30. The second-order valence-corrected chi connectivity index (χ2v) is 5.92. The molecule has 1 nitrogen and oxygen atoms in total. The van der Waals surface area contributed by atoms with Gasteiger partial charge in [-0.05, 0) is 59.3 Å². The van der Waals surface area contributed by atoms with Gasteiger partial charge in [0.2, 0.25) is 0 Å². The molecule has 2 aromatic carbocycles. The molecule has 0 saturated heterocycles. The first kappa shape index (κ1) is 16.3. The first-order chi connectivity index (χ1) is 9.95. The molecule has 0 fully saturated rings. The summed E-state index contributed by atoms with van der Waals surface area (Å²) in [5.41, 5.74) is 1.21. The Morgan fingerprint density at radius 1 is 1.05 bits per heavy atom. The largest absolute Gasteiger partial charge is 0.306 e. The Morgan fingerprint density at radius 3 is 2.33 bits per heavy atom. The van der Waals surface area contributed by atoms with Crippen molar-refractivity contribution in [3.05, 3.63) is 68.0 Å². The maximum absolute atomic E-state index is 14.2. The molecule has 1 N–H and O–H groups in total. The van der Waals surface area contributed by atoms with Crippen molar-refractivity contribution in [1.29, 1.82) is 0 Å². The highest BCUT2D eigenvalue weighted by Gasteiger charge is 2.22. The molecule has 0 aromatic heterocycles. The van der Waals surface area contributed by atoms with Crippen LogP contribution in [0.1, 0.15) is 29.7 Å². The number of aryl methyl sites for hydroxylation is 1. The molecule has 2 rings (SSSR count). The number of hydrogen-bond donors (Lipinski definition) is 1. The van der Waals surface area contributed by atoms with E-state index in [0.717, 1.165) is 5.56 Å². The van der Waals surface area contributed by atoms with E-state index in [0.29, 0.717) is 10.1 Å². The summed E-state index contributed by atoms with van der Waals surface area (Å²) < 4.78 is 42.0. The Morgan fingerprint density at radius 2 is 1.71 bits per heavy atom. The van der Waals surface area contributed by atoms with Crippen LogP contribution in [-0.2, 0) is 0 Å². The third kappa shape index (κ3) is 3.40. The van der Waals surface area contributed by atoms with Crippen LogP contribution in [0.25, 0.3) is 0 Å². The second-order valence-electron chi connectivity index (χ2n) is 4.76. The second kappa shape index (κ2) is 6.79. The predicted molar refractivity (Wildman–Crippen MR) is 85.7 cm³/mol. The molecule has 1 atom stereocenters. The van der Waals surface area contributed by atoms with Gasteiger partial charge in [-0.1, -0.05) is 25.1 Å². The van der Waals surface area contributed by atoms with Crippen LogP contribution in [0.3, 0.4) is 0 Å². The SMILES string of the molecule is CCNC(c1ccc(F)cc1I)c1ccc(C)c(F)c1F. The highest BCUT2D eigenvalue weighted by molar-refractivity contribution is 14.1. The molecule has 0 aliphatic carbocycles. The van der Waals surface area contributed by atoms with Crippen LogP contribution in [0.4, 0.5) is 13.2 Å². The van der Waals surface area contributed by atoms with E-state index >= 15 is 0 Å². The van der Waals surface area contributed by atoms with Gasteiger partial charge in [0, 0.05) is 9.13 Å². The zero-order valence-electron chi connectivity index (χ0n) is 11.7. The molecule has 0 spiro atoms. The summed E-state index contributed by atoms with van der Waals surface area (Å²) in [7, 11) is 0. The minimum Gasteiger partial charge on any atom is -0.306 e. The van der Waals surface area contributed by atoms with Gasteiger partial charge in [-0.3, -0.25) is 0 Å². The lowest BCUT2D eigenvalue weighted by Gasteiger charge is -2.21. The van der Waals surface area contributed by atoms with E-state index in [1.54, 1.807) is 18.2 Å². The normalized spacial score (nSPS) is 12.5. The maximum Gasteiger partial charge on any atom is 0.164 e. The van der Waals surface area contributed by atoms with Gasteiger partial charge in [0.15, 0.2) is 11.6 Å². The maximum atomic E-state index is 14.2. The Kier molecular flexibility index (Phi) is 5.27. The van der Waals surface area contributed by atoms with Gasteiger partial charge < -0.3 is 5.32 Å². The molecule has 2 aromatic rings. The number of rotatable bonds is 4. The van der Waals surface area contributed by atoms with Gasteiger partial charge in [0.25, 0.3) is 0 Å². The molecule has 21 heavy (non-hydrogen) atoms. The molecule has 0 radical (unpaired) electrons. The number of hydrogen-bond acceptors (Lipinski definition) is 1. The van der Waals surface area contributed by atoms with Gasteiger partial charge in [-0.2, -0.15) is 0 Å². The van der Waals surface area contributed by atoms with Crippen LogP contribution >= 0.6 is 22.6 Å². The first-order valence-electron chi connectivity index (χ1n) is 6.58. The van der Waals surface area contributed by atoms with Gasteiger partial charge in [0.05, 0.1) is 6.04 Å². The molecule has 112 valence electrons. The van der Waals surface area contributed by atoms with E-state index in [-0.39, 0.29) is 16.9 Å². The van der Waals surface area contributed by atoms with E-state index in [1.165, 1.54) is 19.1 Å². The summed E-state index contributed by atoms with van der Waals surface area (Å²) >= 11 is 2.00. The van der Waals surface area contributed by atoms with E-state index < -0.39 is 17.7 Å².